The molecule has 94 valence electrons. The Morgan fingerprint density at radius 2 is 2.24 bits per heavy atom. The molecule has 0 fully saturated rings. The Bertz CT molecular complexity index is 396. The van der Waals surface area contributed by atoms with E-state index in [9.17, 15) is 14.9 Å². The molecule has 17 heavy (non-hydrogen) atoms. The molecular weight excluding hydrogens is 220 g/mol. The molecule has 5 nitrogen and oxygen atoms in total. The zero-order valence-corrected chi connectivity index (χ0v) is 10.4. The molecule has 0 bridgehead atoms. The third kappa shape index (κ3) is 3.69. The molecule has 0 saturated heterocycles. The summed E-state index contributed by atoms with van der Waals surface area (Å²) in [5.74, 6) is -0.0201. The molecule has 0 radical (unpaired) electrons. The van der Waals surface area contributed by atoms with Crippen LogP contribution in [0.5, 0.6) is 0 Å². The summed E-state index contributed by atoms with van der Waals surface area (Å²) in [6.45, 7) is 5.00. The maximum Gasteiger partial charge on any atom is 0.223 e. The lowest BCUT2D eigenvalue weighted by Crippen LogP contribution is -2.39. The van der Waals surface area contributed by atoms with Crippen LogP contribution in [0, 0.1) is 15.5 Å². The van der Waals surface area contributed by atoms with Crippen molar-refractivity contribution >= 4 is 5.78 Å². The van der Waals surface area contributed by atoms with E-state index in [1.807, 2.05) is 12.1 Å². The Morgan fingerprint density at radius 3 is 2.65 bits per heavy atom. The van der Waals surface area contributed by atoms with E-state index in [1.54, 1.807) is 20.0 Å². The van der Waals surface area contributed by atoms with Crippen molar-refractivity contribution < 1.29 is 9.72 Å². The van der Waals surface area contributed by atoms with Crippen molar-refractivity contribution in [3.63, 3.8) is 0 Å². The number of rotatable bonds is 6. The van der Waals surface area contributed by atoms with E-state index >= 15 is 0 Å². The van der Waals surface area contributed by atoms with Gasteiger partial charge >= 0.3 is 0 Å². The molecule has 1 heterocycles. The summed E-state index contributed by atoms with van der Waals surface area (Å²) in [7, 11) is 0. The Hall–Kier alpha value is -1.65. The van der Waals surface area contributed by atoms with Crippen molar-refractivity contribution in [1.82, 2.24) is 4.98 Å². The highest BCUT2D eigenvalue weighted by atomic mass is 16.6. The molecule has 5 heteroatoms. The molecule has 1 unspecified atom stereocenters. The fourth-order valence-corrected chi connectivity index (χ4v) is 2.10. The summed E-state index contributed by atoms with van der Waals surface area (Å²) in [6.07, 6.45) is 2.28. The molecule has 1 aromatic heterocycles. The van der Waals surface area contributed by atoms with Gasteiger partial charge < -0.3 is 9.78 Å². The Kier molecular flexibility index (Phi) is 4.04. The van der Waals surface area contributed by atoms with Crippen LogP contribution in [-0.4, -0.2) is 21.7 Å². The quantitative estimate of drug-likeness (QED) is 0.609. The monoisotopic (exact) mass is 238 g/mol. The molecule has 0 spiro atoms. The highest BCUT2D eigenvalue weighted by Crippen LogP contribution is 2.29. The number of carbonyl (C=O) groups excluding carboxylic acids is 1. The van der Waals surface area contributed by atoms with Crippen molar-refractivity contribution in [2.75, 3.05) is 0 Å². The molecule has 1 aromatic rings. The summed E-state index contributed by atoms with van der Waals surface area (Å²) < 4.78 is 0. The lowest BCUT2D eigenvalue weighted by atomic mass is 9.78. The number of hydrogen-bond acceptors (Lipinski definition) is 3. The van der Waals surface area contributed by atoms with Crippen LogP contribution in [0.3, 0.4) is 0 Å². The van der Waals surface area contributed by atoms with Gasteiger partial charge in [-0.15, -0.1) is 0 Å². The van der Waals surface area contributed by atoms with Crippen molar-refractivity contribution in [3.05, 3.63) is 34.1 Å². The second kappa shape index (κ2) is 5.12. The zero-order chi connectivity index (χ0) is 13.1. The topological polar surface area (TPSA) is 76.0 Å². The van der Waals surface area contributed by atoms with Crippen molar-refractivity contribution in [1.29, 1.82) is 0 Å². The SMILES string of the molecule is CC(=O)CC(C)(C)C(Cc1ccc[nH]1)[N+](=O)[O-]. The zero-order valence-electron chi connectivity index (χ0n) is 10.4. The van der Waals surface area contributed by atoms with Gasteiger partial charge in [-0.1, -0.05) is 13.8 Å². The van der Waals surface area contributed by atoms with Crippen LogP contribution in [0.15, 0.2) is 18.3 Å². The van der Waals surface area contributed by atoms with Crippen molar-refractivity contribution in [2.45, 2.75) is 39.7 Å². The molecule has 1 atom stereocenters. The van der Waals surface area contributed by atoms with E-state index in [-0.39, 0.29) is 17.1 Å². The normalized spacial score (nSPS) is 13.4. The molecule has 0 aliphatic carbocycles. The van der Waals surface area contributed by atoms with Crippen LogP contribution in [0.25, 0.3) is 0 Å². The summed E-state index contributed by atoms with van der Waals surface area (Å²) in [5, 5.41) is 11.1. The number of carbonyl (C=O) groups is 1. The second-order valence-corrected chi connectivity index (χ2v) is 5.07. The highest BCUT2D eigenvalue weighted by Gasteiger charge is 2.39. The number of nitrogens with one attached hydrogen (secondary N) is 1. The van der Waals surface area contributed by atoms with Gasteiger partial charge in [0.25, 0.3) is 0 Å². The first-order valence-corrected chi connectivity index (χ1v) is 5.58. The molecule has 1 rings (SSSR count). The van der Waals surface area contributed by atoms with Gasteiger partial charge in [0.05, 0.1) is 6.42 Å². The van der Waals surface area contributed by atoms with Gasteiger partial charge in [-0.25, -0.2) is 0 Å². The van der Waals surface area contributed by atoms with Crippen molar-refractivity contribution in [3.8, 4) is 0 Å². The number of nitrogens with zero attached hydrogens (tertiary/aromatic N) is 1. The molecule has 0 aromatic carbocycles. The van der Waals surface area contributed by atoms with E-state index in [2.05, 4.69) is 4.98 Å². The molecule has 0 amide bonds. The summed E-state index contributed by atoms with van der Waals surface area (Å²) in [4.78, 5) is 25.0. The van der Waals surface area contributed by atoms with E-state index in [1.165, 1.54) is 6.92 Å². The summed E-state index contributed by atoms with van der Waals surface area (Å²) in [5.41, 5.74) is 0.184. The van der Waals surface area contributed by atoms with Crippen molar-refractivity contribution in [2.24, 2.45) is 5.41 Å². The Morgan fingerprint density at radius 1 is 1.59 bits per heavy atom. The number of Topliss-reactive ketones (excluding diaryl/α,β-unsaturated/α-hetero) is 1. The number of H-pyrrole nitrogens is 1. The molecule has 0 aliphatic heterocycles. The minimum Gasteiger partial charge on any atom is -0.365 e. The van der Waals surface area contributed by atoms with Gasteiger partial charge in [-0.05, 0) is 19.1 Å². The lowest BCUT2D eigenvalue weighted by molar-refractivity contribution is -0.540. The van der Waals surface area contributed by atoms with Crippen LogP contribution in [-0.2, 0) is 11.2 Å². The van der Waals surface area contributed by atoms with Crippen LogP contribution in [0.4, 0.5) is 0 Å². The lowest BCUT2D eigenvalue weighted by Gasteiger charge is -2.26. The first kappa shape index (κ1) is 13.4. The summed E-state index contributed by atoms with van der Waals surface area (Å²) >= 11 is 0. The number of nitro groups is 1. The minimum atomic E-state index is -0.759. The fraction of sp³-hybridized carbons (Fsp3) is 0.583. The molecule has 0 saturated carbocycles. The van der Waals surface area contributed by atoms with E-state index < -0.39 is 11.5 Å². The van der Waals surface area contributed by atoms with Gasteiger partial charge in [0.1, 0.15) is 5.78 Å². The van der Waals surface area contributed by atoms with Gasteiger partial charge in [0, 0.05) is 28.6 Å². The summed E-state index contributed by atoms with van der Waals surface area (Å²) in [6, 6.07) is 2.87. The first-order chi connectivity index (χ1) is 7.83. The second-order valence-electron chi connectivity index (χ2n) is 5.07. The third-order valence-corrected chi connectivity index (χ3v) is 2.94. The minimum absolute atomic E-state index is 0.0201. The Balaban J connectivity index is 2.85. The number of ketones is 1. The predicted molar refractivity (Wildman–Crippen MR) is 64.4 cm³/mol. The standard InChI is InChI=1S/C12H18N2O3/c1-9(15)8-12(2,3)11(14(16)17)7-10-5-4-6-13-10/h4-6,11,13H,7-8H2,1-3H3. The van der Waals surface area contributed by atoms with Gasteiger partial charge in [0.15, 0.2) is 0 Å². The number of aromatic amines is 1. The number of hydrogen-bond donors (Lipinski definition) is 1. The average molecular weight is 238 g/mol. The predicted octanol–water partition coefficient (Wildman–Crippen LogP) is 2.21. The van der Waals surface area contributed by atoms with E-state index in [0.29, 0.717) is 6.42 Å². The van der Waals surface area contributed by atoms with Crippen LogP contribution < -0.4 is 0 Å². The van der Waals surface area contributed by atoms with Crippen LogP contribution in [0.1, 0.15) is 32.9 Å². The smallest absolute Gasteiger partial charge is 0.223 e. The fourth-order valence-electron chi connectivity index (χ4n) is 2.10. The first-order valence-electron chi connectivity index (χ1n) is 5.58. The molecular formula is C12H18N2O3. The third-order valence-electron chi connectivity index (χ3n) is 2.94. The number of aromatic nitrogens is 1. The van der Waals surface area contributed by atoms with Gasteiger partial charge in [-0.3, -0.25) is 10.1 Å². The van der Waals surface area contributed by atoms with Gasteiger partial charge in [-0.2, -0.15) is 0 Å². The highest BCUT2D eigenvalue weighted by molar-refractivity contribution is 5.76. The maximum absolute atomic E-state index is 11.2. The molecule has 1 N–H and O–H groups in total. The van der Waals surface area contributed by atoms with E-state index in [0.717, 1.165) is 5.69 Å². The maximum atomic E-state index is 11.2. The largest absolute Gasteiger partial charge is 0.365 e. The van der Waals surface area contributed by atoms with Crippen LogP contribution >= 0.6 is 0 Å². The van der Waals surface area contributed by atoms with E-state index in [4.69, 9.17) is 0 Å². The van der Waals surface area contributed by atoms with Gasteiger partial charge in [0.2, 0.25) is 6.04 Å². The molecule has 0 aliphatic rings. The Labute approximate surface area is 100 Å². The average Bonchev–Trinajstić information content (AvgIpc) is 2.63. The van der Waals surface area contributed by atoms with Crippen LogP contribution in [0.2, 0.25) is 0 Å².